The van der Waals surface area contributed by atoms with Crippen molar-refractivity contribution in [2.75, 3.05) is 6.54 Å². The monoisotopic (exact) mass is 261 g/mol. The van der Waals surface area contributed by atoms with Crippen molar-refractivity contribution in [1.29, 1.82) is 0 Å². The molecule has 0 spiro atoms. The summed E-state index contributed by atoms with van der Waals surface area (Å²) in [5.41, 5.74) is 1.05. The van der Waals surface area contributed by atoms with Crippen LogP contribution in [0, 0.1) is 0 Å². The van der Waals surface area contributed by atoms with Gasteiger partial charge in [0.25, 0.3) is 0 Å². The number of nitrogens with one attached hydrogen (secondary N) is 1. The van der Waals surface area contributed by atoms with Crippen molar-refractivity contribution in [3.63, 3.8) is 0 Å². The van der Waals surface area contributed by atoms with Crippen molar-refractivity contribution >= 4 is 5.97 Å². The van der Waals surface area contributed by atoms with Gasteiger partial charge in [-0.2, -0.15) is 0 Å². The van der Waals surface area contributed by atoms with Crippen LogP contribution in [0.5, 0.6) is 0 Å². The first-order valence-corrected chi connectivity index (χ1v) is 7.17. The number of carbonyl (C=O) groups excluding carboxylic acids is 1. The summed E-state index contributed by atoms with van der Waals surface area (Å²) in [6.07, 6.45) is 3.34. The zero-order valence-electron chi connectivity index (χ0n) is 11.8. The highest BCUT2D eigenvalue weighted by Crippen LogP contribution is 2.27. The van der Waals surface area contributed by atoms with Crippen molar-refractivity contribution in [3.05, 3.63) is 35.9 Å². The number of hydrogen-bond donors (Lipinski definition) is 1. The molecule has 0 unspecified atom stereocenters. The quantitative estimate of drug-likeness (QED) is 0.847. The minimum Gasteiger partial charge on any atom is -0.462 e. The first-order valence-electron chi connectivity index (χ1n) is 7.17. The molecule has 2 atom stereocenters. The highest BCUT2D eigenvalue weighted by molar-refractivity contribution is 5.79. The topological polar surface area (TPSA) is 38.3 Å². The van der Waals surface area contributed by atoms with Gasteiger partial charge in [0.15, 0.2) is 0 Å². The van der Waals surface area contributed by atoms with Crippen molar-refractivity contribution in [3.8, 4) is 0 Å². The third kappa shape index (κ3) is 3.80. The second-order valence-corrected chi connectivity index (χ2v) is 5.43. The molecule has 1 N–H and O–H groups in total. The van der Waals surface area contributed by atoms with E-state index in [0.29, 0.717) is 0 Å². The first kappa shape index (κ1) is 14.1. The molecule has 104 valence electrons. The SMILES string of the molecule is CC(C)OC(=O)[C@@H](c1ccccc1)[C@H]1CCCCN1. The molecular formula is C16H23NO2. The summed E-state index contributed by atoms with van der Waals surface area (Å²) in [7, 11) is 0. The van der Waals surface area contributed by atoms with E-state index in [-0.39, 0.29) is 24.0 Å². The average Bonchev–Trinajstić information content (AvgIpc) is 2.40. The van der Waals surface area contributed by atoms with Crippen LogP contribution in [-0.4, -0.2) is 24.7 Å². The standard InChI is InChI=1S/C16H23NO2/c1-12(2)19-16(18)15(13-8-4-3-5-9-13)14-10-6-7-11-17-14/h3-5,8-9,12,14-15,17H,6-7,10-11H2,1-2H3/t14-,15+/m1/s1. The molecular weight excluding hydrogens is 238 g/mol. The molecule has 0 aromatic heterocycles. The molecule has 1 aromatic rings. The molecule has 1 aromatic carbocycles. The van der Waals surface area contributed by atoms with Gasteiger partial charge in [-0.25, -0.2) is 0 Å². The maximum atomic E-state index is 12.4. The Bertz CT molecular complexity index is 396. The third-order valence-electron chi connectivity index (χ3n) is 3.52. The summed E-state index contributed by atoms with van der Waals surface area (Å²) in [6.45, 7) is 4.78. The fourth-order valence-electron chi connectivity index (χ4n) is 2.66. The van der Waals surface area contributed by atoms with Gasteiger partial charge < -0.3 is 10.1 Å². The number of piperidine rings is 1. The molecule has 0 saturated carbocycles. The Morgan fingerprint density at radius 1 is 1.26 bits per heavy atom. The Morgan fingerprint density at radius 2 is 2.00 bits per heavy atom. The summed E-state index contributed by atoms with van der Waals surface area (Å²) in [6, 6.07) is 10.2. The molecule has 19 heavy (non-hydrogen) atoms. The summed E-state index contributed by atoms with van der Waals surface area (Å²) in [5.74, 6) is -0.301. The van der Waals surface area contributed by atoms with Crippen molar-refractivity contribution < 1.29 is 9.53 Å². The smallest absolute Gasteiger partial charge is 0.315 e. The molecule has 0 aliphatic carbocycles. The van der Waals surface area contributed by atoms with E-state index in [2.05, 4.69) is 5.32 Å². The molecule has 3 nitrogen and oxygen atoms in total. The number of hydrogen-bond acceptors (Lipinski definition) is 3. The second kappa shape index (κ2) is 6.71. The number of benzene rings is 1. The van der Waals surface area contributed by atoms with Crippen LogP contribution >= 0.6 is 0 Å². The van der Waals surface area contributed by atoms with Crippen LogP contribution in [0.15, 0.2) is 30.3 Å². The lowest BCUT2D eigenvalue weighted by Gasteiger charge is -2.30. The molecule has 1 aliphatic rings. The van der Waals surface area contributed by atoms with E-state index in [1.807, 2.05) is 44.2 Å². The lowest BCUT2D eigenvalue weighted by Crippen LogP contribution is -2.42. The minimum atomic E-state index is -0.191. The van der Waals surface area contributed by atoms with Gasteiger partial charge >= 0.3 is 5.97 Å². The summed E-state index contributed by atoms with van der Waals surface area (Å²) < 4.78 is 5.44. The summed E-state index contributed by atoms with van der Waals surface area (Å²) in [4.78, 5) is 12.4. The Hall–Kier alpha value is -1.35. The maximum Gasteiger partial charge on any atom is 0.315 e. The molecule has 1 aliphatic heterocycles. The molecule has 1 fully saturated rings. The van der Waals surface area contributed by atoms with Gasteiger partial charge in [-0.3, -0.25) is 4.79 Å². The highest BCUT2D eigenvalue weighted by Gasteiger charge is 2.32. The lowest BCUT2D eigenvalue weighted by molar-refractivity contribution is -0.150. The average molecular weight is 261 g/mol. The van der Waals surface area contributed by atoms with Crippen molar-refractivity contribution in [2.24, 2.45) is 0 Å². The van der Waals surface area contributed by atoms with E-state index < -0.39 is 0 Å². The highest BCUT2D eigenvalue weighted by atomic mass is 16.5. The zero-order chi connectivity index (χ0) is 13.7. The van der Waals surface area contributed by atoms with E-state index in [1.165, 1.54) is 12.8 Å². The summed E-state index contributed by atoms with van der Waals surface area (Å²) >= 11 is 0. The minimum absolute atomic E-state index is 0.0673. The van der Waals surface area contributed by atoms with Crippen molar-refractivity contribution in [2.45, 2.75) is 51.2 Å². The number of ether oxygens (including phenoxy) is 1. The van der Waals surface area contributed by atoms with E-state index in [9.17, 15) is 4.79 Å². The number of esters is 1. The molecule has 1 heterocycles. The van der Waals surface area contributed by atoms with Crippen LogP contribution in [-0.2, 0) is 9.53 Å². The van der Waals surface area contributed by atoms with Gasteiger partial charge in [0, 0.05) is 6.04 Å². The van der Waals surface area contributed by atoms with Gasteiger partial charge in [0.1, 0.15) is 0 Å². The molecule has 1 saturated heterocycles. The van der Waals surface area contributed by atoms with Crippen LogP contribution in [0.3, 0.4) is 0 Å². The van der Waals surface area contributed by atoms with E-state index in [0.717, 1.165) is 18.5 Å². The summed E-state index contributed by atoms with van der Waals surface area (Å²) in [5, 5.41) is 3.47. The Labute approximate surface area is 115 Å². The fourth-order valence-corrected chi connectivity index (χ4v) is 2.66. The van der Waals surface area contributed by atoms with E-state index in [4.69, 9.17) is 4.74 Å². The van der Waals surface area contributed by atoms with Crippen LogP contribution in [0.4, 0.5) is 0 Å². The molecule has 3 heteroatoms. The van der Waals surface area contributed by atoms with Gasteiger partial charge in [-0.1, -0.05) is 36.8 Å². The Balaban J connectivity index is 2.19. The Kier molecular flexibility index (Phi) is 4.97. The normalized spacial score (nSPS) is 21.1. The van der Waals surface area contributed by atoms with Gasteiger partial charge in [0.05, 0.1) is 12.0 Å². The van der Waals surface area contributed by atoms with Crippen LogP contribution < -0.4 is 5.32 Å². The third-order valence-corrected chi connectivity index (χ3v) is 3.52. The van der Waals surface area contributed by atoms with Crippen LogP contribution in [0.1, 0.15) is 44.6 Å². The molecule has 0 amide bonds. The van der Waals surface area contributed by atoms with Gasteiger partial charge in [-0.05, 0) is 38.8 Å². The molecule has 0 bridgehead atoms. The maximum absolute atomic E-state index is 12.4. The fraction of sp³-hybridized carbons (Fsp3) is 0.562. The van der Waals surface area contributed by atoms with Gasteiger partial charge in [-0.15, -0.1) is 0 Å². The number of rotatable bonds is 4. The molecule has 0 radical (unpaired) electrons. The lowest BCUT2D eigenvalue weighted by atomic mass is 9.86. The van der Waals surface area contributed by atoms with E-state index in [1.54, 1.807) is 0 Å². The predicted molar refractivity (Wildman–Crippen MR) is 76.1 cm³/mol. The second-order valence-electron chi connectivity index (χ2n) is 5.43. The van der Waals surface area contributed by atoms with E-state index >= 15 is 0 Å². The largest absolute Gasteiger partial charge is 0.462 e. The predicted octanol–water partition coefficient (Wildman–Crippen LogP) is 2.86. The zero-order valence-corrected chi connectivity index (χ0v) is 11.8. The van der Waals surface area contributed by atoms with Crippen LogP contribution in [0.2, 0.25) is 0 Å². The Morgan fingerprint density at radius 3 is 2.58 bits per heavy atom. The molecule has 2 rings (SSSR count). The first-order chi connectivity index (χ1) is 9.18. The van der Waals surface area contributed by atoms with Crippen molar-refractivity contribution in [1.82, 2.24) is 5.32 Å². The van der Waals surface area contributed by atoms with Crippen LogP contribution in [0.25, 0.3) is 0 Å². The van der Waals surface area contributed by atoms with Gasteiger partial charge in [0.2, 0.25) is 0 Å². The number of carbonyl (C=O) groups is 1.